The van der Waals surface area contributed by atoms with Gasteiger partial charge < -0.3 is 15.2 Å². The number of benzene rings is 2. The van der Waals surface area contributed by atoms with E-state index in [1.54, 1.807) is 26.0 Å². The number of carbonyl (C=O) groups excluding carboxylic acids is 2. The molecule has 1 fully saturated rings. The molecule has 1 amide bonds. The van der Waals surface area contributed by atoms with Gasteiger partial charge in [0.15, 0.2) is 6.61 Å². The normalized spacial score (nSPS) is 18.5. The molecule has 2 atom stereocenters. The number of esters is 1. The Balaban J connectivity index is 1.70. The summed E-state index contributed by atoms with van der Waals surface area (Å²) in [7, 11) is -4.11. The van der Waals surface area contributed by atoms with Gasteiger partial charge in [0.2, 0.25) is 10.0 Å². The minimum Gasteiger partial charge on any atom is -0.454 e. The monoisotopic (exact) mass is 491 g/mol. The summed E-state index contributed by atoms with van der Waals surface area (Å²) in [6, 6.07) is 7.46. The van der Waals surface area contributed by atoms with Crippen molar-refractivity contribution in [2.24, 2.45) is 0 Å². The van der Waals surface area contributed by atoms with Gasteiger partial charge in [0, 0.05) is 19.0 Å². The summed E-state index contributed by atoms with van der Waals surface area (Å²) in [4.78, 5) is 35.4. The molecule has 11 nitrogen and oxygen atoms in total. The highest BCUT2D eigenvalue weighted by Gasteiger charge is 2.44. The molecule has 1 aliphatic heterocycles. The van der Waals surface area contributed by atoms with Crippen LogP contribution >= 0.6 is 0 Å². The van der Waals surface area contributed by atoms with Gasteiger partial charge in [0.25, 0.3) is 11.6 Å². The molecule has 34 heavy (non-hydrogen) atoms. The number of hydrogen-bond acceptors (Lipinski definition) is 8. The van der Waals surface area contributed by atoms with Crippen molar-refractivity contribution in [3.8, 4) is 0 Å². The first-order valence-electron chi connectivity index (χ1n) is 10.4. The number of rotatable bonds is 7. The van der Waals surface area contributed by atoms with Crippen molar-refractivity contribution >= 4 is 33.3 Å². The van der Waals surface area contributed by atoms with Gasteiger partial charge in [0.1, 0.15) is 11.7 Å². The number of nitrogens with one attached hydrogen (secondary N) is 1. The lowest BCUT2D eigenvalue weighted by molar-refractivity contribution is -0.384. The molecule has 1 aliphatic rings. The molecule has 0 aromatic heterocycles. The second kappa shape index (κ2) is 9.87. The highest BCUT2D eigenvalue weighted by atomic mass is 32.2. The maximum atomic E-state index is 13.1. The highest BCUT2D eigenvalue weighted by molar-refractivity contribution is 7.89. The molecule has 12 heteroatoms. The standard InChI is InChI=1S/C22H25N3O8S/c1-13-4-7-18(19(8-13)25(29)30)23-21(27)12-33-22(28)20-10-16(26)11-24(20)34(31,32)17-6-5-14(2)15(3)9-17/h4-9,16,20,26H,10-12H2,1-3H3,(H,23,27). The Morgan fingerprint density at radius 2 is 1.88 bits per heavy atom. The molecule has 2 N–H and O–H groups in total. The smallest absolute Gasteiger partial charge is 0.325 e. The Morgan fingerprint density at radius 3 is 2.53 bits per heavy atom. The van der Waals surface area contributed by atoms with Crippen molar-refractivity contribution in [1.29, 1.82) is 0 Å². The lowest BCUT2D eigenvalue weighted by atomic mass is 10.1. The number of aryl methyl sites for hydroxylation is 3. The Labute approximate surface area is 196 Å². The van der Waals surface area contributed by atoms with Crippen LogP contribution in [0.25, 0.3) is 0 Å². The molecule has 2 unspecified atom stereocenters. The molecule has 1 heterocycles. The van der Waals surface area contributed by atoms with Crippen LogP contribution in [0.1, 0.15) is 23.1 Å². The first-order chi connectivity index (χ1) is 15.9. The van der Waals surface area contributed by atoms with Gasteiger partial charge in [-0.2, -0.15) is 4.31 Å². The van der Waals surface area contributed by atoms with E-state index in [0.717, 1.165) is 15.4 Å². The third-order valence-electron chi connectivity index (χ3n) is 5.56. The number of aliphatic hydroxyl groups excluding tert-OH is 1. The van der Waals surface area contributed by atoms with Crippen molar-refractivity contribution in [1.82, 2.24) is 4.31 Å². The first kappa shape index (κ1) is 25.3. The number of amides is 1. The third-order valence-corrected chi connectivity index (χ3v) is 7.43. The van der Waals surface area contributed by atoms with Crippen LogP contribution in [0.2, 0.25) is 0 Å². The van der Waals surface area contributed by atoms with E-state index in [4.69, 9.17) is 4.74 Å². The molecule has 1 saturated heterocycles. The number of anilines is 1. The molecule has 0 spiro atoms. The van der Waals surface area contributed by atoms with Gasteiger partial charge in [0.05, 0.1) is 15.9 Å². The van der Waals surface area contributed by atoms with Crippen LogP contribution in [-0.2, 0) is 24.3 Å². The summed E-state index contributed by atoms with van der Waals surface area (Å²) in [5.41, 5.74) is 1.90. The predicted octanol–water partition coefficient (Wildman–Crippen LogP) is 1.83. The Kier molecular flexibility index (Phi) is 7.34. The van der Waals surface area contributed by atoms with Crippen molar-refractivity contribution < 1.29 is 32.8 Å². The molecular formula is C22H25N3O8S. The summed E-state index contributed by atoms with van der Waals surface area (Å²) < 4.78 is 32.1. The first-order valence-corrected chi connectivity index (χ1v) is 11.8. The molecule has 3 rings (SSSR count). The van der Waals surface area contributed by atoms with E-state index < -0.39 is 45.6 Å². The summed E-state index contributed by atoms with van der Waals surface area (Å²) in [6.45, 7) is 4.18. The van der Waals surface area contributed by atoms with E-state index in [1.165, 1.54) is 24.3 Å². The Morgan fingerprint density at radius 1 is 1.18 bits per heavy atom. The number of nitro benzene ring substituents is 1. The van der Waals surface area contributed by atoms with Gasteiger partial charge in [-0.05, 0) is 55.7 Å². The van der Waals surface area contributed by atoms with Crippen LogP contribution in [-0.4, -0.2) is 59.9 Å². The number of sulfonamides is 1. The number of carbonyl (C=O) groups is 2. The van der Waals surface area contributed by atoms with Crippen LogP contribution in [0.15, 0.2) is 41.3 Å². The maximum Gasteiger partial charge on any atom is 0.325 e. The Hall–Kier alpha value is -3.35. The van der Waals surface area contributed by atoms with Crippen molar-refractivity contribution in [2.45, 2.75) is 44.2 Å². The SMILES string of the molecule is Cc1ccc(NC(=O)COC(=O)C2CC(O)CN2S(=O)(=O)c2ccc(C)c(C)c2)c([N+](=O)[O-])c1. The minimum atomic E-state index is -4.11. The number of ether oxygens (including phenoxy) is 1. The molecular weight excluding hydrogens is 466 g/mol. The summed E-state index contributed by atoms with van der Waals surface area (Å²) in [5.74, 6) is -1.83. The minimum absolute atomic E-state index is 0.0214. The van der Waals surface area contributed by atoms with E-state index in [0.29, 0.717) is 5.56 Å². The summed E-state index contributed by atoms with van der Waals surface area (Å²) in [5, 5.41) is 23.6. The van der Waals surface area contributed by atoms with Gasteiger partial charge >= 0.3 is 5.97 Å². The number of β-amino-alcohol motifs (C(OH)–C–C–N with tert-alkyl or cyclic N) is 1. The van der Waals surface area contributed by atoms with E-state index in [-0.39, 0.29) is 29.2 Å². The van der Waals surface area contributed by atoms with Gasteiger partial charge in [-0.1, -0.05) is 12.1 Å². The number of nitrogens with zero attached hydrogens (tertiary/aromatic N) is 2. The van der Waals surface area contributed by atoms with Crippen molar-refractivity contribution in [3.63, 3.8) is 0 Å². The molecule has 182 valence electrons. The highest BCUT2D eigenvalue weighted by Crippen LogP contribution is 2.29. The van der Waals surface area contributed by atoms with Gasteiger partial charge in [-0.3, -0.25) is 19.7 Å². The van der Waals surface area contributed by atoms with E-state index in [9.17, 15) is 33.2 Å². The van der Waals surface area contributed by atoms with Gasteiger partial charge in [-0.25, -0.2) is 8.42 Å². The molecule has 2 aromatic rings. The fourth-order valence-electron chi connectivity index (χ4n) is 3.59. The second-order valence-corrected chi connectivity index (χ2v) is 10.1. The zero-order valence-electron chi connectivity index (χ0n) is 18.8. The maximum absolute atomic E-state index is 13.1. The van der Waals surface area contributed by atoms with E-state index in [1.807, 2.05) is 6.92 Å². The average Bonchev–Trinajstić information content (AvgIpc) is 3.17. The molecule has 0 aliphatic carbocycles. The summed E-state index contributed by atoms with van der Waals surface area (Å²) >= 11 is 0. The average molecular weight is 492 g/mol. The van der Waals surface area contributed by atoms with Crippen molar-refractivity contribution in [2.75, 3.05) is 18.5 Å². The van der Waals surface area contributed by atoms with Crippen LogP contribution in [0.5, 0.6) is 0 Å². The number of nitro groups is 1. The molecule has 0 bridgehead atoms. The fraction of sp³-hybridized carbons (Fsp3) is 0.364. The van der Waals surface area contributed by atoms with Crippen LogP contribution < -0.4 is 5.32 Å². The van der Waals surface area contributed by atoms with Crippen LogP contribution in [0, 0.1) is 30.9 Å². The number of hydrogen-bond donors (Lipinski definition) is 2. The van der Waals surface area contributed by atoms with Gasteiger partial charge in [-0.15, -0.1) is 0 Å². The Bertz CT molecular complexity index is 1240. The molecule has 0 saturated carbocycles. The largest absolute Gasteiger partial charge is 0.454 e. The van der Waals surface area contributed by atoms with Crippen LogP contribution in [0.4, 0.5) is 11.4 Å². The predicted molar refractivity (Wildman–Crippen MR) is 122 cm³/mol. The quantitative estimate of drug-likeness (QED) is 0.337. The second-order valence-electron chi connectivity index (χ2n) is 8.16. The third kappa shape index (κ3) is 5.41. The summed E-state index contributed by atoms with van der Waals surface area (Å²) in [6.07, 6.45) is -1.27. The van der Waals surface area contributed by atoms with E-state index in [2.05, 4.69) is 5.32 Å². The lowest BCUT2D eigenvalue weighted by Crippen LogP contribution is -2.42. The molecule has 2 aromatic carbocycles. The topological polar surface area (TPSA) is 156 Å². The van der Waals surface area contributed by atoms with Crippen molar-refractivity contribution in [3.05, 3.63) is 63.2 Å². The number of aliphatic hydroxyl groups is 1. The zero-order valence-corrected chi connectivity index (χ0v) is 19.7. The lowest BCUT2D eigenvalue weighted by Gasteiger charge is -2.22. The molecule has 0 radical (unpaired) electrons. The van der Waals surface area contributed by atoms with Crippen LogP contribution in [0.3, 0.4) is 0 Å². The van der Waals surface area contributed by atoms with E-state index >= 15 is 0 Å². The zero-order chi connectivity index (χ0) is 25.2. The fourth-order valence-corrected chi connectivity index (χ4v) is 5.30.